The number of hydrogen-bond acceptors (Lipinski definition) is 1. The Bertz CT molecular complexity index is 529. The molecule has 1 aliphatic heterocycles. The molecule has 2 aromatic carbocycles. The van der Waals surface area contributed by atoms with Crippen LogP contribution in [0, 0.1) is 0 Å². The summed E-state index contributed by atoms with van der Waals surface area (Å²) in [4.78, 5) is 2.62. The van der Waals surface area contributed by atoms with Gasteiger partial charge in [-0.2, -0.15) is 0 Å². The highest BCUT2D eigenvalue weighted by molar-refractivity contribution is 5.63. The van der Waals surface area contributed by atoms with Gasteiger partial charge in [-0.05, 0) is 49.4 Å². The third kappa shape index (κ3) is 3.10. The number of likely N-dealkylation sites (tertiary alicyclic amines) is 1. The second kappa shape index (κ2) is 6.23. The van der Waals surface area contributed by atoms with E-state index >= 15 is 0 Å². The van der Waals surface area contributed by atoms with Crippen molar-refractivity contribution >= 4 is 0 Å². The van der Waals surface area contributed by atoms with E-state index in [9.17, 15) is 0 Å². The molecule has 1 saturated heterocycles. The second-order valence-electron chi connectivity index (χ2n) is 5.84. The molecule has 0 bridgehead atoms. The summed E-state index contributed by atoms with van der Waals surface area (Å²) < 4.78 is 0. The minimum atomic E-state index is 0.776. The predicted octanol–water partition coefficient (Wildman–Crippen LogP) is 4.38. The van der Waals surface area contributed by atoms with E-state index in [-0.39, 0.29) is 0 Å². The largest absolute Gasteiger partial charge is 0.300 e. The molecule has 0 spiro atoms. The lowest BCUT2D eigenvalue weighted by Gasteiger charge is -2.20. The van der Waals surface area contributed by atoms with Gasteiger partial charge in [0, 0.05) is 12.6 Å². The lowest BCUT2D eigenvalue weighted by Crippen LogP contribution is -2.28. The van der Waals surface area contributed by atoms with Crippen LogP contribution in [-0.2, 0) is 6.42 Å². The molecule has 0 radical (unpaired) electrons. The Labute approximate surface area is 122 Å². The molecule has 0 N–H and O–H groups in total. The van der Waals surface area contributed by atoms with Crippen LogP contribution < -0.4 is 0 Å². The highest BCUT2D eigenvalue weighted by atomic mass is 15.2. The van der Waals surface area contributed by atoms with E-state index in [1.165, 1.54) is 49.0 Å². The predicted molar refractivity (Wildman–Crippen MR) is 85.9 cm³/mol. The molecule has 104 valence electrons. The molecule has 1 heterocycles. The molecule has 2 aromatic rings. The molecule has 1 nitrogen and oxygen atoms in total. The number of benzene rings is 2. The van der Waals surface area contributed by atoms with Gasteiger partial charge in [0.25, 0.3) is 0 Å². The van der Waals surface area contributed by atoms with Crippen LogP contribution in [0.4, 0.5) is 0 Å². The summed E-state index contributed by atoms with van der Waals surface area (Å²) in [7, 11) is 0. The summed E-state index contributed by atoms with van der Waals surface area (Å²) in [5, 5.41) is 0. The van der Waals surface area contributed by atoms with Crippen molar-refractivity contribution in [2.75, 3.05) is 13.1 Å². The lowest BCUT2D eigenvalue weighted by molar-refractivity contribution is 0.272. The quantitative estimate of drug-likeness (QED) is 0.793. The van der Waals surface area contributed by atoms with Crippen molar-refractivity contribution in [2.45, 2.75) is 32.2 Å². The van der Waals surface area contributed by atoms with Crippen molar-refractivity contribution in [2.24, 2.45) is 0 Å². The average Bonchev–Trinajstić information content (AvgIpc) is 2.92. The molecule has 1 heteroatoms. The molecule has 1 aliphatic rings. The van der Waals surface area contributed by atoms with E-state index in [0.29, 0.717) is 0 Å². The molecular formula is C19H23N. The summed E-state index contributed by atoms with van der Waals surface area (Å²) in [6.07, 6.45) is 3.90. The first kappa shape index (κ1) is 13.4. The Kier molecular flexibility index (Phi) is 4.17. The molecular weight excluding hydrogens is 242 g/mol. The van der Waals surface area contributed by atoms with Crippen molar-refractivity contribution in [1.29, 1.82) is 0 Å². The van der Waals surface area contributed by atoms with Crippen LogP contribution in [0.25, 0.3) is 11.1 Å². The molecule has 0 aromatic heterocycles. The summed E-state index contributed by atoms with van der Waals surface area (Å²) >= 11 is 0. The Hall–Kier alpha value is -1.60. The SMILES string of the molecule is CC1CCCN1CCc1ccc(-c2ccccc2)cc1. The molecule has 1 atom stereocenters. The second-order valence-corrected chi connectivity index (χ2v) is 5.84. The summed E-state index contributed by atoms with van der Waals surface area (Å²) in [5.74, 6) is 0. The Morgan fingerprint density at radius 3 is 2.30 bits per heavy atom. The monoisotopic (exact) mass is 265 g/mol. The minimum Gasteiger partial charge on any atom is -0.300 e. The summed E-state index contributed by atoms with van der Waals surface area (Å²) in [6.45, 7) is 4.83. The molecule has 0 amide bonds. The van der Waals surface area contributed by atoms with Gasteiger partial charge in [-0.15, -0.1) is 0 Å². The van der Waals surface area contributed by atoms with Gasteiger partial charge in [0.1, 0.15) is 0 Å². The van der Waals surface area contributed by atoms with Gasteiger partial charge < -0.3 is 4.90 Å². The number of nitrogens with zero attached hydrogens (tertiary/aromatic N) is 1. The van der Waals surface area contributed by atoms with Crippen molar-refractivity contribution in [3.63, 3.8) is 0 Å². The van der Waals surface area contributed by atoms with Crippen molar-refractivity contribution in [3.05, 3.63) is 60.2 Å². The van der Waals surface area contributed by atoms with Crippen molar-refractivity contribution < 1.29 is 0 Å². The number of rotatable bonds is 4. The molecule has 0 aliphatic carbocycles. The zero-order valence-electron chi connectivity index (χ0n) is 12.3. The average molecular weight is 265 g/mol. The fourth-order valence-electron chi connectivity index (χ4n) is 3.09. The standard InChI is InChI=1S/C19H23N/c1-16-6-5-14-20(16)15-13-17-9-11-19(12-10-17)18-7-3-2-4-8-18/h2-4,7-12,16H,5-6,13-15H2,1H3. The Morgan fingerprint density at radius 1 is 0.950 bits per heavy atom. The molecule has 1 unspecified atom stereocenters. The van der Waals surface area contributed by atoms with Gasteiger partial charge >= 0.3 is 0 Å². The summed E-state index contributed by atoms with van der Waals surface area (Å²) in [6, 6.07) is 20.4. The minimum absolute atomic E-state index is 0.776. The molecule has 1 fully saturated rings. The molecule has 0 saturated carbocycles. The van der Waals surface area contributed by atoms with Crippen LogP contribution in [0.15, 0.2) is 54.6 Å². The third-order valence-corrected chi connectivity index (χ3v) is 4.44. The number of hydrogen-bond donors (Lipinski definition) is 0. The van der Waals surface area contributed by atoms with Crippen LogP contribution >= 0.6 is 0 Å². The Balaban J connectivity index is 1.62. The fourth-order valence-corrected chi connectivity index (χ4v) is 3.09. The van der Waals surface area contributed by atoms with Crippen LogP contribution in [0.1, 0.15) is 25.3 Å². The first-order valence-electron chi connectivity index (χ1n) is 7.71. The zero-order valence-corrected chi connectivity index (χ0v) is 12.3. The van der Waals surface area contributed by atoms with Crippen LogP contribution in [0.5, 0.6) is 0 Å². The zero-order chi connectivity index (χ0) is 13.8. The van der Waals surface area contributed by atoms with Crippen LogP contribution in [-0.4, -0.2) is 24.0 Å². The van der Waals surface area contributed by atoms with Crippen LogP contribution in [0.3, 0.4) is 0 Å². The Morgan fingerprint density at radius 2 is 1.65 bits per heavy atom. The molecule has 3 rings (SSSR count). The van der Waals surface area contributed by atoms with E-state index in [1.54, 1.807) is 0 Å². The van der Waals surface area contributed by atoms with Gasteiger partial charge in [-0.25, -0.2) is 0 Å². The third-order valence-electron chi connectivity index (χ3n) is 4.44. The van der Waals surface area contributed by atoms with E-state index < -0.39 is 0 Å². The topological polar surface area (TPSA) is 3.24 Å². The maximum Gasteiger partial charge on any atom is 0.00675 e. The van der Waals surface area contributed by atoms with Gasteiger partial charge in [-0.3, -0.25) is 0 Å². The normalized spacial score (nSPS) is 19.4. The fraction of sp³-hybridized carbons (Fsp3) is 0.368. The van der Waals surface area contributed by atoms with Gasteiger partial charge in [-0.1, -0.05) is 54.6 Å². The van der Waals surface area contributed by atoms with Crippen molar-refractivity contribution in [3.8, 4) is 11.1 Å². The van der Waals surface area contributed by atoms with E-state index in [4.69, 9.17) is 0 Å². The lowest BCUT2D eigenvalue weighted by atomic mass is 10.0. The highest BCUT2D eigenvalue weighted by Gasteiger charge is 2.19. The highest BCUT2D eigenvalue weighted by Crippen LogP contribution is 2.20. The smallest absolute Gasteiger partial charge is 0.00675 e. The maximum absolute atomic E-state index is 2.62. The first-order chi connectivity index (χ1) is 9.83. The van der Waals surface area contributed by atoms with E-state index in [0.717, 1.165) is 6.04 Å². The van der Waals surface area contributed by atoms with E-state index in [1.807, 2.05) is 0 Å². The summed E-state index contributed by atoms with van der Waals surface area (Å²) in [5.41, 5.74) is 4.06. The van der Waals surface area contributed by atoms with Gasteiger partial charge in [0.15, 0.2) is 0 Å². The van der Waals surface area contributed by atoms with Gasteiger partial charge in [0.2, 0.25) is 0 Å². The molecule has 20 heavy (non-hydrogen) atoms. The maximum atomic E-state index is 2.62. The van der Waals surface area contributed by atoms with Crippen molar-refractivity contribution in [1.82, 2.24) is 4.90 Å². The van der Waals surface area contributed by atoms with Crippen LogP contribution in [0.2, 0.25) is 0 Å². The first-order valence-corrected chi connectivity index (χ1v) is 7.71. The van der Waals surface area contributed by atoms with E-state index in [2.05, 4.69) is 66.4 Å². The van der Waals surface area contributed by atoms with Gasteiger partial charge in [0.05, 0.1) is 0 Å².